The monoisotopic (exact) mass is 701 g/mol. The minimum atomic E-state index is -4.96. The zero-order valence-corrected chi connectivity index (χ0v) is 28.3. The van der Waals surface area contributed by atoms with Crippen LogP contribution in [0.2, 0.25) is 0 Å². The number of hydrogen-bond donors (Lipinski definition) is 2. The highest BCUT2D eigenvalue weighted by Gasteiger charge is 2.48. The van der Waals surface area contributed by atoms with Crippen molar-refractivity contribution in [1.82, 2.24) is 20.2 Å². The summed E-state index contributed by atoms with van der Waals surface area (Å²) >= 11 is 0. The first-order chi connectivity index (χ1) is 24.5. The van der Waals surface area contributed by atoms with Gasteiger partial charge >= 0.3 is 12.2 Å². The number of nitrogens with one attached hydrogen (secondary N) is 1. The maximum absolute atomic E-state index is 17.3. The Labute approximate surface area is 293 Å². The highest BCUT2D eigenvalue weighted by molar-refractivity contribution is 6.05. The number of rotatable bonds is 7. The van der Waals surface area contributed by atoms with Gasteiger partial charge in [-0.2, -0.15) is 23.1 Å². The van der Waals surface area contributed by atoms with Gasteiger partial charge in [-0.05, 0) is 67.3 Å². The van der Waals surface area contributed by atoms with Gasteiger partial charge in [0, 0.05) is 84.0 Å². The first-order valence-electron chi connectivity index (χ1n) is 17.8. The van der Waals surface area contributed by atoms with E-state index in [4.69, 9.17) is 20.9 Å². The number of benzene rings is 3. The summed E-state index contributed by atoms with van der Waals surface area (Å²) in [5.74, 6) is 2.44. The lowest BCUT2D eigenvalue weighted by atomic mass is 9.88. The first kappa shape index (κ1) is 32.7. The average Bonchev–Trinajstić information content (AvgIpc) is 3.33. The van der Waals surface area contributed by atoms with E-state index in [0.717, 1.165) is 70.7 Å². The molecule has 0 amide bonds. The molecule has 12 heteroatoms. The summed E-state index contributed by atoms with van der Waals surface area (Å²) in [6, 6.07) is 7.12. The lowest BCUT2D eigenvalue weighted by Crippen LogP contribution is -2.51. The zero-order valence-electron chi connectivity index (χ0n) is 28.3. The second-order valence-electron chi connectivity index (χ2n) is 15.4. The second kappa shape index (κ2) is 11.9. The maximum Gasteiger partial charge on any atom is 0.417 e. The van der Waals surface area contributed by atoms with Gasteiger partial charge in [0.2, 0.25) is 0 Å². The van der Waals surface area contributed by atoms with Crippen LogP contribution in [0.3, 0.4) is 0 Å². The van der Waals surface area contributed by atoms with E-state index in [2.05, 4.69) is 21.1 Å². The molecule has 1 saturated carbocycles. The summed E-state index contributed by atoms with van der Waals surface area (Å²) in [7, 11) is 0. The van der Waals surface area contributed by atoms with Crippen molar-refractivity contribution in [2.75, 3.05) is 57.4 Å². The van der Waals surface area contributed by atoms with Gasteiger partial charge < -0.3 is 29.7 Å². The van der Waals surface area contributed by atoms with Gasteiger partial charge in [0.25, 0.3) is 0 Å². The van der Waals surface area contributed by atoms with Crippen LogP contribution in [-0.4, -0.2) is 84.6 Å². The molecular formula is C39H39F4N5O3. The SMILES string of the molecule is C#Cc1c(C)ccc2cc(O)cc(-c3c(C(F)(F)F)cc4c(N5CC6CCC(C5)N6)nc(OCC5(CN6CC7COCC7C6)CC5)nc4c3F)c12. The fourth-order valence-electron chi connectivity index (χ4n) is 9.02. The molecule has 4 aromatic rings. The highest BCUT2D eigenvalue weighted by Crippen LogP contribution is 2.49. The number of hydrogen-bond acceptors (Lipinski definition) is 8. The molecular weight excluding hydrogens is 662 g/mol. The molecule has 2 N–H and O–H groups in total. The van der Waals surface area contributed by atoms with Crippen molar-refractivity contribution in [3.63, 3.8) is 0 Å². The predicted molar refractivity (Wildman–Crippen MR) is 185 cm³/mol. The van der Waals surface area contributed by atoms with Crippen molar-refractivity contribution in [3.8, 4) is 35.2 Å². The largest absolute Gasteiger partial charge is 0.508 e. The quantitative estimate of drug-likeness (QED) is 0.172. The molecule has 5 heterocycles. The van der Waals surface area contributed by atoms with E-state index in [-0.39, 0.29) is 56.9 Å². The maximum atomic E-state index is 17.3. The normalized spacial score (nSPS) is 25.5. The van der Waals surface area contributed by atoms with Gasteiger partial charge in [0.15, 0.2) is 5.82 Å². The molecule has 5 aliphatic rings. The Bertz CT molecular complexity index is 2090. The lowest BCUT2D eigenvalue weighted by Gasteiger charge is -2.34. The molecule has 4 atom stereocenters. The summed E-state index contributed by atoms with van der Waals surface area (Å²) in [5, 5.41) is 14.8. The Morgan fingerprint density at radius 3 is 2.45 bits per heavy atom. The van der Waals surface area contributed by atoms with Crippen molar-refractivity contribution in [1.29, 1.82) is 0 Å². The summed E-state index contributed by atoms with van der Waals surface area (Å²) < 4.78 is 74.6. The van der Waals surface area contributed by atoms with Crippen LogP contribution >= 0.6 is 0 Å². The Balaban J connectivity index is 1.18. The number of likely N-dealkylation sites (tertiary alicyclic amines) is 1. The van der Waals surface area contributed by atoms with Crippen LogP contribution < -0.4 is 15.0 Å². The van der Waals surface area contributed by atoms with Crippen LogP contribution in [-0.2, 0) is 10.9 Å². The van der Waals surface area contributed by atoms with E-state index in [9.17, 15) is 5.11 Å². The van der Waals surface area contributed by atoms with E-state index >= 15 is 17.6 Å². The molecule has 1 aliphatic carbocycles. The van der Waals surface area contributed by atoms with E-state index < -0.39 is 23.1 Å². The Hall–Kier alpha value is -4.18. The Morgan fingerprint density at radius 2 is 1.78 bits per heavy atom. The number of phenolic OH excluding ortho intramolecular Hbond substituents is 1. The average molecular weight is 702 g/mol. The number of alkyl halides is 3. The molecule has 266 valence electrons. The van der Waals surface area contributed by atoms with Gasteiger partial charge in [-0.15, -0.1) is 6.42 Å². The molecule has 4 aliphatic heterocycles. The van der Waals surface area contributed by atoms with E-state index in [1.807, 2.05) is 4.90 Å². The van der Waals surface area contributed by atoms with Gasteiger partial charge in [-0.3, -0.25) is 0 Å². The summed E-state index contributed by atoms with van der Waals surface area (Å²) in [5.41, 5.74) is -1.47. The second-order valence-corrected chi connectivity index (χ2v) is 15.4. The number of anilines is 1. The van der Waals surface area contributed by atoms with Gasteiger partial charge in [0.05, 0.1) is 25.4 Å². The molecule has 51 heavy (non-hydrogen) atoms. The molecule has 8 nitrogen and oxygen atoms in total. The summed E-state index contributed by atoms with van der Waals surface area (Å²) in [4.78, 5) is 13.7. The van der Waals surface area contributed by atoms with Gasteiger partial charge in [-0.1, -0.05) is 18.1 Å². The fourth-order valence-corrected chi connectivity index (χ4v) is 9.02. The zero-order chi connectivity index (χ0) is 35.2. The number of aryl methyl sites for hydroxylation is 1. The number of halogens is 4. The fraction of sp³-hybridized carbons (Fsp3) is 0.487. The number of piperazine rings is 1. The number of aromatic hydroxyl groups is 1. The molecule has 4 unspecified atom stereocenters. The molecule has 9 rings (SSSR count). The molecule has 5 fully saturated rings. The van der Waals surface area contributed by atoms with Crippen molar-refractivity contribution >= 4 is 27.5 Å². The third-order valence-electron chi connectivity index (χ3n) is 11.8. The molecule has 1 aromatic heterocycles. The number of fused-ring (bicyclic) bond motifs is 5. The first-order valence-corrected chi connectivity index (χ1v) is 17.8. The molecule has 0 spiro atoms. The van der Waals surface area contributed by atoms with Gasteiger partial charge in [-0.25, -0.2) is 4.39 Å². The van der Waals surface area contributed by atoms with Crippen molar-refractivity contribution in [2.45, 2.75) is 50.9 Å². The van der Waals surface area contributed by atoms with Crippen LogP contribution in [0.5, 0.6) is 11.8 Å². The minimum absolute atomic E-state index is 0.0398. The lowest BCUT2D eigenvalue weighted by molar-refractivity contribution is -0.137. The minimum Gasteiger partial charge on any atom is -0.508 e. The molecule has 3 aromatic carbocycles. The van der Waals surface area contributed by atoms with Crippen molar-refractivity contribution in [2.24, 2.45) is 17.3 Å². The highest BCUT2D eigenvalue weighted by atomic mass is 19.4. The van der Waals surface area contributed by atoms with Crippen LogP contribution in [0, 0.1) is 42.3 Å². The number of terminal acetylenes is 1. The third-order valence-corrected chi connectivity index (χ3v) is 11.8. The summed E-state index contributed by atoms with van der Waals surface area (Å²) in [6.45, 7) is 7.56. The topological polar surface area (TPSA) is 83.0 Å². The van der Waals surface area contributed by atoms with Crippen molar-refractivity contribution < 1.29 is 32.1 Å². The third kappa shape index (κ3) is 5.74. The number of aromatic nitrogens is 2. The van der Waals surface area contributed by atoms with Crippen LogP contribution in [0.25, 0.3) is 32.8 Å². The number of ether oxygens (including phenoxy) is 2. The van der Waals surface area contributed by atoms with E-state index in [0.29, 0.717) is 48.0 Å². The van der Waals surface area contributed by atoms with E-state index in [1.165, 1.54) is 6.07 Å². The number of nitrogens with zero attached hydrogens (tertiary/aromatic N) is 4. The summed E-state index contributed by atoms with van der Waals surface area (Å²) in [6.07, 6.45) is 4.74. The van der Waals surface area contributed by atoms with Crippen LogP contribution in [0.1, 0.15) is 42.4 Å². The predicted octanol–water partition coefficient (Wildman–Crippen LogP) is 6.28. The smallest absolute Gasteiger partial charge is 0.417 e. The molecule has 0 radical (unpaired) electrons. The van der Waals surface area contributed by atoms with Crippen LogP contribution in [0.4, 0.5) is 23.4 Å². The molecule has 2 bridgehead atoms. The molecule has 4 saturated heterocycles. The van der Waals surface area contributed by atoms with E-state index in [1.54, 1.807) is 19.1 Å². The Kier molecular flexibility index (Phi) is 7.65. The Morgan fingerprint density at radius 1 is 1.06 bits per heavy atom. The van der Waals surface area contributed by atoms with Gasteiger partial charge in [0.1, 0.15) is 17.1 Å². The van der Waals surface area contributed by atoms with Crippen molar-refractivity contribution in [3.05, 3.63) is 52.8 Å². The number of phenols is 1. The van der Waals surface area contributed by atoms with Crippen LogP contribution in [0.15, 0.2) is 30.3 Å². The standard InChI is InChI=1S/C39H39F4N5O3/c1-3-28-21(2)4-5-22-10-27(49)11-29(32(22)28)33-31(39(41,42)43)12-30-35(34(33)40)45-37(46-36(30)48-15-25-6-7-26(16-48)44-25)51-20-38(8-9-38)19-47-13-23-17-50-18-24(23)14-47/h1,4-5,10-12,23-26,44,49H,6-9,13-20H2,2H3.